The number of carbonyl (C=O) groups excluding carboxylic acids is 2. The first-order valence-corrected chi connectivity index (χ1v) is 10.2. The molecule has 3 amide bonds. The Morgan fingerprint density at radius 1 is 1.03 bits per heavy atom. The number of imide groups is 1. The molecule has 1 saturated carbocycles. The van der Waals surface area contributed by atoms with Crippen LogP contribution in [0.15, 0.2) is 34.3 Å². The van der Waals surface area contributed by atoms with Crippen LogP contribution in [0.25, 0.3) is 0 Å². The van der Waals surface area contributed by atoms with Gasteiger partial charge in [-0.15, -0.1) is 0 Å². The van der Waals surface area contributed by atoms with E-state index in [2.05, 4.69) is 9.98 Å². The first-order valence-electron chi connectivity index (χ1n) is 10.2. The minimum atomic E-state index is -0.564. The van der Waals surface area contributed by atoms with Gasteiger partial charge in [-0.3, -0.25) is 9.69 Å². The third-order valence-electron chi connectivity index (χ3n) is 6.39. The van der Waals surface area contributed by atoms with Gasteiger partial charge >= 0.3 is 6.03 Å². The number of hydrogen-bond acceptors (Lipinski definition) is 7. The number of anilines is 2. The molecule has 1 aromatic carbocycles. The highest BCUT2D eigenvalue weighted by atomic mass is 16.2. The molecule has 9 nitrogen and oxygen atoms in total. The molecule has 152 valence electrons. The number of fused-ring (bicyclic) bond motifs is 1. The van der Waals surface area contributed by atoms with Gasteiger partial charge in [0.05, 0.1) is 5.69 Å². The van der Waals surface area contributed by atoms with Crippen LogP contribution in [0.3, 0.4) is 0 Å². The van der Waals surface area contributed by atoms with E-state index in [1.165, 1.54) is 4.90 Å². The number of carbonyl (C=O) groups is 2. The molecule has 1 aliphatic carbocycles. The van der Waals surface area contributed by atoms with Crippen molar-refractivity contribution in [3.8, 4) is 0 Å². The van der Waals surface area contributed by atoms with E-state index in [1.54, 1.807) is 11.0 Å². The highest BCUT2D eigenvalue weighted by Gasteiger charge is 2.48. The van der Waals surface area contributed by atoms with E-state index in [0.29, 0.717) is 12.2 Å². The van der Waals surface area contributed by atoms with E-state index in [-0.39, 0.29) is 29.9 Å². The Bertz CT molecular complexity index is 913. The molecule has 1 unspecified atom stereocenters. The monoisotopic (exact) mass is 395 g/mol. The number of guanidine groups is 2. The van der Waals surface area contributed by atoms with Crippen molar-refractivity contribution in [2.75, 3.05) is 16.3 Å². The summed E-state index contributed by atoms with van der Waals surface area (Å²) in [5, 5.41) is 0. The first kappa shape index (κ1) is 18.0. The largest absolute Gasteiger partial charge is 0.369 e. The lowest BCUT2D eigenvalue weighted by atomic mass is 9.87. The van der Waals surface area contributed by atoms with Crippen LogP contribution in [0.1, 0.15) is 44.9 Å². The van der Waals surface area contributed by atoms with Crippen molar-refractivity contribution in [2.45, 2.75) is 56.7 Å². The maximum absolute atomic E-state index is 12.9. The van der Waals surface area contributed by atoms with Gasteiger partial charge in [0.25, 0.3) is 5.91 Å². The molecule has 1 spiro atoms. The molecule has 2 saturated heterocycles. The molecular weight excluding hydrogens is 370 g/mol. The van der Waals surface area contributed by atoms with Crippen LogP contribution >= 0.6 is 0 Å². The molecular formula is C20H25N7O2. The number of aliphatic imine (C=N–C) groups is 2. The Kier molecular flexibility index (Phi) is 4.01. The molecule has 5 rings (SSSR count). The van der Waals surface area contributed by atoms with E-state index in [4.69, 9.17) is 11.5 Å². The Morgan fingerprint density at radius 2 is 1.79 bits per heavy atom. The Hall–Kier alpha value is -3.10. The Morgan fingerprint density at radius 3 is 2.55 bits per heavy atom. The number of benzene rings is 1. The molecule has 1 aromatic rings. The van der Waals surface area contributed by atoms with Crippen LogP contribution in [0.2, 0.25) is 0 Å². The smallest absolute Gasteiger partial charge is 0.332 e. The van der Waals surface area contributed by atoms with Gasteiger partial charge in [0.15, 0.2) is 0 Å². The third-order valence-corrected chi connectivity index (χ3v) is 6.39. The summed E-state index contributed by atoms with van der Waals surface area (Å²) in [5.41, 5.74) is 13.0. The quantitative estimate of drug-likeness (QED) is 0.739. The van der Waals surface area contributed by atoms with Crippen molar-refractivity contribution in [2.24, 2.45) is 21.5 Å². The highest BCUT2D eigenvalue weighted by molar-refractivity contribution is 6.21. The number of urea groups is 1. The summed E-state index contributed by atoms with van der Waals surface area (Å²) in [6, 6.07) is 6.77. The van der Waals surface area contributed by atoms with Gasteiger partial charge in [-0.05, 0) is 56.7 Å². The van der Waals surface area contributed by atoms with Crippen molar-refractivity contribution in [1.29, 1.82) is 0 Å². The van der Waals surface area contributed by atoms with E-state index < -0.39 is 5.66 Å². The van der Waals surface area contributed by atoms with Gasteiger partial charge in [-0.1, -0.05) is 12.5 Å². The van der Waals surface area contributed by atoms with E-state index in [1.807, 2.05) is 23.1 Å². The molecule has 29 heavy (non-hydrogen) atoms. The minimum Gasteiger partial charge on any atom is -0.369 e. The molecule has 3 aliphatic heterocycles. The lowest BCUT2D eigenvalue weighted by Crippen LogP contribution is -2.58. The number of hydrogen-bond donors (Lipinski definition) is 2. The second-order valence-corrected chi connectivity index (χ2v) is 8.15. The number of nitrogens with two attached hydrogens (primary N) is 2. The number of amides is 3. The maximum atomic E-state index is 12.9. The molecule has 4 aliphatic rings. The Balaban J connectivity index is 1.53. The zero-order chi connectivity index (χ0) is 20.2. The molecule has 0 radical (unpaired) electrons. The summed E-state index contributed by atoms with van der Waals surface area (Å²) in [6.45, 7) is 0.633. The van der Waals surface area contributed by atoms with Crippen LogP contribution < -0.4 is 21.3 Å². The van der Waals surface area contributed by atoms with E-state index in [9.17, 15) is 9.59 Å². The van der Waals surface area contributed by atoms with Crippen molar-refractivity contribution < 1.29 is 9.59 Å². The normalized spacial score (nSPS) is 26.1. The topological polar surface area (TPSA) is 121 Å². The summed E-state index contributed by atoms with van der Waals surface area (Å²) >= 11 is 0. The van der Waals surface area contributed by atoms with Crippen molar-refractivity contribution in [3.05, 3.63) is 24.3 Å². The van der Waals surface area contributed by atoms with E-state index in [0.717, 1.165) is 50.6 Å². The maximum Gasteiger partial charge on any atom is 0.332 e. The second kappa shape index (κ2) is 6.47. The van der Waals surface area contributed by atoms with Crippen molar-refractivity contribution in [3.63, 3.8) is 0 Å². The van der Waals surface area contributed by atoms with Crippen LogP contribution in [-0.2, 0) is 4.79 Å². The Labute approximate surface area is 169 Å². The summed E-state index contributed by atoms with van der Waals surface area (Å²) in [6.07, 6.45) is 6.45. The fourth-order valence-corrected chi connectivity index (χ4v) is 5.13. The molecule has 0 aromatic heterocycles. The number of nitrogens with zero attached hydrogens (tertiary/aromatic N) is 5. The fourth-order valence-electron chi connectivity index (χ4n) is 5.13. The van der Waals surface area contributed by atoms with Crippen LogP contribution in [0.4, 0.5) is 16.2 Å². The fraction of sp³-hybridized carbons (Fsp3) is 0.500. The van der Waals surface area contributed by atoms with Crippen LogP contribution in [0, 0.1) is 0 Å². The minimum absolute atomic E-state index is 0.153. The van der Waals surface area contributed by atoms with Gasteiger partial charge in [-0.25, -0.2) is 14.7 Å². The number of rotatable bonds is 2. The average molecular weight is 395 g/mol. The van der Waals surface area contributed by atoms with Crippen LogP contribution in [0.5, 0.6) is 0 Å². The van der Waals surface area contributed by atoms with Crippen molar-refractivity contribution >= 4 is 35.2 Å². The SMILES string of the molecule is NC1=NC2(CCCCC2)N(c2cccc(N3C(=O)C4CCCN4C3=O)c2)C(N)=N1. The van der Waals surface area contributed by atoms with Crippen LogP contribution in [-0.4, -0.2) is 47.0 Å². The van der Waals surface area contributed by atoms with Gasteiger partial charge in [0.1, 0.15) is 11.7 Å². The zero-order valence-electron chi connectivity index (χ0n) is 16.3. The van der Waals surface area contributed by atoms with Gasteiger partial charge in [0, 0.05) is 12.2 Å². The zero-order valence-corrected chi connectivity index (χ0v) is 16.3. The lowest BCUT2D eigenvalue weighted by Gasteiger charge is -2.45. The van der Waals surface area contributed by atoms with Gasteiger partial charge < -0.3 is 16.4 Å². The van der Waals surface area contributed by atoms with Crippen molar-refractivity contribution in [1.82, 2.24) is 4.90 Å². The van der Waals surface area contributed by atoms with Gasteiger partial charge in [0.2, 0.25) is 11.9 Å². The summed E-state index contributed by atoms with van der Waals surface area (Å²) in [5.74, 6) is 0.332. The highest BCUT2D eigenvalue weighted by Crippen LogP contribution is 2.41. The standard InChI is InChI=1S/C20H25N7O2/c21-17-23-18(22)27(20(24-17)9-2-1-3-10-20)14-7-4-6-13(12-14)26-16(28)15-8-5-11-25(15)19(26)29/h4,6-7,12,15H,1-3,5,8-11H2,(H4,21,22,23,24). The molecule has 1 atom stereocenters. The predicted molar refractivity (Wildman–Crippen MR) is 111 cm³/mol. The summed E-state index contributed by atoms with van der Waals surface area (Å²) in [4.78, 5) is 39.4. The molecule has 3 heterocycles. The molecule has 9 heteroatoms. The third kappa shape index (κ3) is 2.67. The lowest BCUT2D eigenvalue weighted by molar-refractivity contribution is -0.119. The van der Waals surface area contributed by atoms with E-state index >= 15 is 0 Å². The summed E-state index contributed by atoms with van der Waals surface area (Å²) < 4.78 is 0. The second-order valence-electron chi connectivity index (χ2n) is 8.15. The molecule has 0 bridgehead atoms. The molecule has 4 N–H and O–H groups in total. The molecule has 3 fully saturated rings. The predicted octanol–water partition coefficient (Wildman–Crippen LogP) is 1.73. The van der Waals surface area contributed by atoms with Gasteiger partial charge in [-0.2, -0.15) is 4.99 Å². The average Bonchev–Trinajstić information content (AvgIpc) is 3.26. The summed E-state index contributed by atoms with van der Waals surface area (Å²) in [7, 11) is 0. The first-order chi connectivity index (χ1) is 14.0.